The maximum atomic E-state index is 12.0. The second-order valence-electron chi connectivity index (χ2n) is 5.34. The fraction of sp³-hybridized carbons (Fsp3) is 0.500. The number of amides is 1. The molecule has 1 aliphatic heterocycles. The summed E-state index contributed by atoms with van der Waals surface area (Å²) in [5.74, 6) is -0.0561. The van der Waals surface area contributed by atoms with E-state index in [2.05, 4.69) is 10.6 Å². The average Bonchev–Trinajstić information content (AvgIpc) is 2.49. The zero-order valence-electron chi connectivity index (χ0n) is 12.9. The third kappa shape index (κ3) is 3.98. The van der Waals surface area contributed by atoms with Crippen molar-refractivity contribution in [3.05, 3.63) is 29.8 Å². The van der Waals surface area contributed by atoms with Crippen molar-refractivity contribution in [1.29, 1.82) is 0 Å². The number of benzene rings is 1. The summed E-state index contributed by atoms with van der Waals surface area (Å²) in [6.45, 7) is 1.66. The van der Waals surface area contributed by atoms with E-state index in [4.69, 9.17) is 9.47 Å². The fourth-order valence-electron chi connectivity index (χ4n) is 2.38. The van der Waals surface area contributed by atoms with Crippen molar-refractivity contribution in [1.82, 2.24) is 10.6 Å². The lowest BCUT2D eigenvalue weighted by molar-refractivity contribution is -0.145. The van der Waals surface area contributed by atoms with Crippen LogP contribution in [0.1, 0.15) is 5.56 Å². The van der Waals surface area contributed by atoms with Gasteiger partial charge in [-0.3, -0.25) is 9.59 Å². The van der Waals surface area contributed by atoms with Crippen LogP contribution in [0, 0.1) is 11.8 Å². The van der Waals surface area contributed by atoms with Gasteiger partial charge in [-0.2, -0.15) is 0 Å². The molecule has 0 saturated carbocycles. The Labute approximate surface area is 130 Å². The maximum absolute atomic E-state index is 12.0. The SMILES string of the molecule is COC(=O)C(CNC(=O)C1CNC1)Cc1ccccc1OC. The maximum Gasteiger partial charge on any atom is 0.310 e. The molecular formula is C16H22N2O4. The highest BCUT2D eigenvalue weighted by Gasteiger charge is 2.27. The van der Waals surface area contributed by atoms with E-state index in [0.29, 0.717) is 19.5 Å². The summed E-state index contributed by atoms with van der Waals surface area (Å²) < 4.78 is 10.1. The Bertz CT molecular complexity index is 529. The molecular weight excluding hydrogens is 284 g/mol. The largest absolute Gasteiger partial charge is 0.496 e. The monoisotopic (exact) mass is 306 g/mol. The number of hydrogen-bond donors (Lipinski definition) is 2. The molecule has 0 aromatic heterocycles. The second kappa shape index (κ2) is 7.79. The van der Waals surface area contributed by atoms with Crippen molar-refractivity contribution in [2.75, 3.05) is 33.9 Å². The number of carbonyl (C=O) groups excluding carboxylic acids is 2. The average molecular weight is 306 g/mol. The Morgan fingerprint density at radius 2 is 2.05 bits per heavy atom. The van der Waals surface area contributed by atoms with Crippen LogP contribution in [0.5, 0.6) is 5.75 Å². The summed E-state index contributed by atoms with van der Waals surface area (Å²) in [6, 6.07) is 7.53. The lowest BCUT2D eigenvalue weighted by Crippen LogP contribution is -2.51. The Hall–Kier alpha value is -2.08. The molecule has 1 aliphatic rings. The predicted molar refractivity (Wildman–Crippen MR) is 81.6 cm³/mol. The summed E-state index contributed by atoms with van der Waals surface area (Å²) >= 11 is 0. The predicted octanol–water partition coefficient (Wildman–Crippen LogP) is 0.363. The highest BCUT2D eigenvalue weighted by Crippen LogP contribution is 2.21. The standard InChI is InChI=1S/C16H22N2O4/c1-21-14-6-4-3-5-11(14)7-12(16(20)22-2)10-18-15(19)13-8-17-9-13/h3-6,12-13,17H,7-10H2,1-2H3,(H,18,19). The van der Waals surface area contributed by atoms with E-state index >= 15 is 0 Å². The molecule has 0 radical (unpaired) electrons. The minimum Gasteiger partial charge on any atom is -0.496 e. The van der Waals surface area contributed by atoms with Gasteiger partial charge in [-0.05, 0) is 18.1 Å². The van der Waals surface area contributed by atoms with Crippen LogP contribution in [0.15, 0.2) is 24.3 Å². The van der Waals surface area contributed by atoms with Gasteiger partial charge in [0.05, 0.1) is 26.1 Å². The van der Waals surface area contributed by atoms with E-state index in [9.17, 15) is 9.59 Å². The topological polar surface area (TPSA) is 76.7 Å². The molecule has 1 aromatic rings. The first-order valence-electron chi connectivity index (χ1n) is 7.33. The number of para-hydroxylation sites is 1. The highest BCUT2D eigenvalue weighted by atomic mass is 16.5. The molecule has 2 rings (SSSR count). The van der Waals surface area contributed by atoms with Gasteiger partial charge in [-0.25, -0.2) is 0 Å². The zero-order chi connectivity index (χ0) is 15.9. The minimum atomic E-state index is -0.432. The number of esters is 1. The molecule has 1 heterocycles. The molecule has 0 spiro atoms. The quantitative estimate of drug-likeness (QED) is 0.712. The lowest BCUT2D eigenvalue weighted by atomic mass is 9.97. The van der Waals surface area contributed by atoms with Crippen LogP contribution >= 0.6 is 0 Å². The molecule has 1 fully saturated rings. The Balaban J connectivity index is 1.99. The van der Waals surface area contributed by atoms with Crippen molar-refractivity contribution in [3.63, 3.8) is 0 Å². The smallest absolute Gasteiger partial charge is 0.310 e. The first kappa shape index (κ1) is 16.3. The van der Waals surface area contributed by atoms with E-state index in [1.54, 1.807) is 7.11 Å². The number of hydrogen-bond acceptors (Lipinski definition) is 5. The molecule has 6 nitrogen and oxygen atoms in total. The molecule has 120 valence electrons. The van der Waals surface area contributed by atoms with Crippen LogP contribution in [0.2, 0.25) is 0 Å². The van der Waals surface area contributed by atoms with Gasteiger partial charge >= 0.3 is 5.97 Å². The molecule has 1 aromatic carbocycles. The van der Waals surface area contributed by atoms with E-state index < -0.39 is 5.92 Å². The number of carbonyl (C=O) groups is 2. The van der Waals surface area contributed by atoms with Crippen molar-refractivity contribution >= 4 is 11.9 Å². The normalized spacial score (nSPS) is 15.5. The van der Waals surface area contributed by atoms with Crippen LogP contribution in [-0.2, 0) is 20.7 Å². The summed E-state index contributed by atoms with van der Waals surface area (Å²) in [7, 11) is 2.95. The van der Waals surface area contributed by atoms with Gasteiger partial charge in [0.2, 0.25) is 5.91 Å². The molecule has 22 heavy (non-hydrogen) atoms. The molecule has 1 saturated heterocycles. The molecule has 1 atom stereocenters. The molecule has 2 N–H and O–H groups in total. The van der Waals surface area contributed by atoms with Crippen molar-refractivity contribution in [3.8, 4) is 5.75 Å². The number of ether oxygens (including phenoxy) is 2. The van der Waals surface area contributed by atoms with Gasteiger partial charge in [0.1, 0.15) is 5.75 Å². The third-order valence-electron chi connectivity index (χ3n) is 3.87. The first-order chi connectivity index (χ1) is 10.7. The Morgan fingerprint density at radius 1 is 1.32 bits per heavy atom. The summed E-state index contributed by atoms with van der Waals surface area (Å²) in [5, 5.41) is 5.89. The van der Waals surface area contributed by atoms with Crippen LogP contribution < -0.4 is 15.4 Å². The van der Waals surface area contributed by atoms with Crippen LogP contribution in [0.3, 0.4) is 0 Å². The van der Waals surface area contributed by atoms with Gasteiger partial charge < -0.3 is 20.1 Å². The molecule has 1 amide bonds. The number of nitrogens with one attached hydrogen (secondary N) is 2. The molecule has 0 bridgehead atoms. The van der Waals surface area contributed by atoms with Crippen LogP contribution in [0.25, 0.3) is 0 Å². The summed E-state index contributed by atoms with van der Waals surface area (Å²) in [4.78, 5) is 23.8. The van der Waals surface area contributed by atoms with Crippen molar-refractivity contribution in [2.45, 2.75) is 6.42 Å². The summed E-state index contributed by atoms with van der Waals surface area (Å²) in [6.07, 6.45) is 0.458. The van der Waals surface area contributed by atoms with E-state index in [0.717, 1.165) is 11.3 Å². The third-order valence-corrected chi connectivity index (χ3v) is 3.87. The van der Waals surface area contributed by atoms with Crippen LogP contribution in [0.4, 0.5) is 0 Å². The van der Waals surface area contributed by atoms with Gasteiger partial charge in [0.25, 0.3) is 0 Å². The van der Waals surface area contributed by atoms with Crippen molar-refractivity contribution in [2.24, 2.45) is 11.8 Å². The van der Waals surface area contributed by atoms with E-state index in [1.165, 1.54) is 7.11 Å². The van der Waals surface area contributed by atoms with E-state index in [1.807, 2.05) is 24.3 Å². The summed E-state index contributed by atoms with van der Waals surface area (Å²) in [5.41, 5.74) is 0.917. The zero-order valence-corrected chi connectivity index (χ0v) is 12.9. The van der Waals surface area contributed by atoms with Crippen molar-refractivity contribution < 1.29 is 19.1 Å². The van der Waals surface area contributed by atoms with E-state index in [-0.39, 0.29) is 24.3 Å². The minimum absolute atomic E-state index is 0.00422. The Kier molecular flexibility index (Phi) is 5.77. The molecule has 0 aliphatic carbocycles. The van der Waals surface area contributed by atoms with Crippen LogP contribution in [-0.4, -0.2) is 45.7 Å². The number of rotatable bonds is 7. The first-order valence-corrected chi connectivity index (χ1v) is 7.33. The van der Waals surface area contributed by atoms with Gasteiger partial charge in [0.15, 0.2) is 0 Å². The molecule has 1 unspecified atom stereocenters. The number of methoxy groups -OCH3 is 2. The van der Waals surface area contributed by atoms with Gasteiger partial charge in [-0.15, -0.1) is 0 Å². The lowest BCUT2D eigenvalue weighted by Gasteiger charge is -2.26. The van der Waals surface area contributed by atoms with Gasteiger partial charge in [-0.1, -0.05) is 18.2 Å². The Morgan fingerprint density at radius 3 is 2.64 bits per heavy atom. The fourth-order valence-corrected chi connectivity index (χ4v) is 2.38. The van der Waals surface area contributed by atoms with Gasteiger partial charge in [0, 0.05) is 19.6 Å². The molecule has 6 heteroatoms. The highest BCUT2D eigenvalue weighted by molar-refractivity contribution is 5.81. The second-order valence-corrected chi connectivity index (χ2v) is 5.34.